The lowest BCUT2D eigenvalue weighted by atomic mass is 10.1. The van der Waals surface area contributed by atoms with Crippen LogP contribution in [-0.2, 0) is 4.74 Å². The van der Waals surface area contributed by atoms with Gasteiger partial charge in [-0.25, -0.2) is 4.79 Å². The van der Waals surface area contributed by atoms with Crippen molar-refractivity contribution >= 4 is 11.9 Å². The molecule has 1 fully saturated rings. The van der Waals surface area contributed by atoms with E-state index in [1.165, 1.54) is 0 Å². The number of carbonyl (C=O) groups excluding carboxylic acids is 1. The summed E-state index contributed by atoms with van der Waals surface area (Å²) in [4.78, 5) is 28.4. The van der Waals surface area contributed by atoms with Crippen LogP contribution in [0.2, 0.25) is 0 Å². The van der Waals surface area contributed by atoms with Gasteiger partial charge in [0.2, 0.25) is 0 Å². The molecule has 0 unspecified atom stereocenters. The highest BCUT2D eigenvalue weighted by atomic mass is 16.5. The van der Waals surface area contributed by atoms with E-state index in [1.54, 1.807) is 25.9 Å². The van der Waals surface area contributed by atoms with Gasteiger partial charge in [-0.05, 0) is 32.3 Å². The van der Waals surface area contributed by atoms with Gasteiger partial charge in [-0.3, -0.25) is 4.79 Å². The van der Waals surface area contributed by atoms with Crippen molar-refractivity contribution in [2.45, 2.75) is 32.7 Å². The number of ether oxygens (including phenoxy) is 1. The lowest BCUT2D eigenvalue weighted by Gasteiger charge is -2.24. The first-order valence-electron chi connectivity index (χ1n) is 6.69. The Labute approximate surface area is 117 Å². The van der Waals surface area contributed by atoms with Crippen LogP contribution in [0.4, 0.5) is 0 Å². The molecule has 110 valence electrons. The number of aryl methyl sites for hydroxylation is 1. The Hall–Kier alpha value is -1.82. The third-order valence-corrected chi connectivity index (χ3v) is 3.86. The first kappa shape index (κ1) is 14.6. The maximum atomic E-state index is 12.7. The minimum absolute atomic E-state index is 0.0782. The molecule has 2 N–H and O–H groups in total. The number of aromatic amines is 1. The minimum atomic E-state index is -1.04. The summed E-state index contributed by atoms with van der Waals surface area (Å²) in [6.07, 6.45) is 1.88. The molecule has 0 saturated carbocycles. The van der Waals surface area contributed by atoms with Crippen LogP contribution < -0.4 is 0 Å². The molecule has 1 saturated heterocycles. The number of carboxylic acid groups (broad SMARTS) is 1. The number of rotatable bonds is 4. The summed E-state index contributed by atoms with van der Waals surface area (Å²) >= 11 is 0. The summed E-state index contributed by atoms with van der Waals surface area (Å²) < 4.78 is 5.15. The van der Waals surface area contributed by atoms with E-state index in [2.05, 4.69) is 4.98 Å². The minimum Gasteiger partial charge on any atom is -0.477 e. The SMILES string of the molecule is COC[C@@H]1CCCN1C(=O)c1c(C)[nH]c(C(=O)O)c1C. The number of aromatic carboxylic acids is 1. The molecule has 6 heteroatoms. The predicted molar refractivity (Wildman–Crippen MR) is 73.2 cm³/mol. The van der Waals surface area contributed by atoms with Crippen molar-refractivity contribution in [2.75, 3.05) is 20.3 Å². The second-order valence-electron chi connectivity index (χ2n) is 5.18. The van der Waals surface area contributed by atoms with E-state index in [4.69, 9.17) is 9.84 Å². The molecule has 1 amide bonds. The van der Waals surface area contributed by atoms with Gasteiger partial charge in [-0.2, -0.15) is 0 Å². The Morgan fingerprint density at radius 2 is 2.15 bits per heavy atom. The number of carboxylic acids is 1. The van der Waals surface area contributed by atoms with Crippen molar-refractivity contribution in [1.29, 1.82) is 0 Å². The Morgan fingerprint density at radius 3 is 2.70 bits per heavy atom. The number of carbonyl (C=O) groups is 2. The molecule has 1 aromatic rings. The van der Waals surface area contributed by atoms with Gasteiger partial charge in [0, 0.05) is 19.3 Å². The number of nitrogens with one attached hydrogen (secondary N) is 1. The average Bonchev–Trinajstić information content (AvgIpc) is 2.94. The highest BCUT2D eigenvalue weighted by molar-refractivity contribution is 6.01. The highest BCUT2D eigenvalue weighted by Gasteiger charge is 2.32. The predicted octanol–water partition coefficient (Wildman–Crippen LogP) is 1.58. The van der Waals surface area contributed by atoms with E-state index in [0.717, 1.165) is 12.8 Å². The first-order valence-corrected chi connectivity index (χ1v) is 6.69. The van der Waals surface area contributed by atoms with E-state index in [1.807, 2.05) is 0 Å². The normalized spacial score (nSPS) is 18.6. The van der Waals surface area contributed by atoms with Gasteiger partial charge < -0.3 is 19.7 Å². The molecule has 1 aromatic heterocycles. The number of amides is 1. The van der Waals surface area contributed by atoms with Crippen LogP contribution in [-0.4, -0.2) is 53.2 Å². The number of methoxy groups -OCH3 is 1. The molecule has 1 atom stereocenters. The molecule has 1 aliphatic rings. The summed E-state index contributed by atoms with van der Waals surface area (Å²) in [5, 5.41) is 9.11. The maximum absolute atomic E-state index is 12.7. The van der Waals surface area contributed by atoms with Gasteiger partial charge in [0.05, 0.1) is 18.2 Å². The highest BCUT2D eigenvalue weighted by Crippen LogP contribution is 2.25. The molecule has 0 radical (unpaired) electrons. The van der Waals surface area contributed by atoms with Gasteiger partial charge >= 0.3 is 5.97 Å². The van der Waals surface area contributed by atoms with Crippen LogP contribution in [0.25, 0.3) is 0 Å². The zero-order valence-electron chi connectivity index (χ0n) is 12.0. The standard InChI is InChI=1S/C14H20N2O4/c1-8-11(9(2)15-12(8)14(18)19)13(17)16-6-4-5-10(16)7-20-3/h10,15H,4-7H2,1-3H3,(H,18,19)/t10-/m0/s1. The van der Waals surface area contributed by atoms with Crippen LogP contribution in [0.3, 0.4) is 0 Å². The number of hydrogen-bond donors (Lipinski definition) is 2. The zero-order chi connectivity index (χ0) is 14.9. The molecule has 1 aliphatic heterocycles. The van der Waals surface area contributed by atoms with E-state index >= 15 is 0 Å². The first-order chi connectivity index (χ1) is 9.47. The smallest absolute Gasteiger partial charge is 0.352 e. The largest absolute Gasteiger partial charge is 0.477 e. The van der Waals surface area contributed by atoms with Crippen molar-refractivity contribution < 1.29 is 19.4 Å². The Bertz CT molecular complexity index is 536. The van der Waals surface area contributed by atoms with Gasteiger partial charge in [0.15, 0.2) is 0 Å². The summed E-state index contributed by atoms with van der Waals surface area (Å²) in [6, 6.07) is 0.0782. The van der Waals surface area contributed by atoms with Crippen molar-refractivity contribution in [2.24, 2.45) is 0 Å². The number of hydrogen-bond acceptors (Lipinski definition) is 3. The molecule has 0 aromatic carbocycles. The Balaban J connectivity index is 2.32. The number of likely N-dealkylation sites (tertiary alicyclic amines) is 1. The van der Waals surface area contributed by atoms with Gasteiger partial charge in [0.25, 0.3) is 5.91 Å². The van der Waals surface area contributed by atoms with E-state index in [9.17, 15) is 9.59 Å². The Morgan fingerprint density at radius 1 is 1.45 bits per heavy atom. The van der Waals surface area contributed by atoms with Gasteiger partial charge in [0.1, 0.15) is 5.69 Å². The molecule has 6 nitrogen and oxygen atoms in total. The lowest BCUT2D eigenvalue weighted by Crippen LogP contribution is -2.38. The molecule has 0 spiro atoms. The molecule has 2 rings (SSSR count). The summed E-state index contributed by atoms with van der Waals surface area (Å²) in [5.74, 6) is -1.15. The Kier molecular flexibility index (Phi) is 4.13. The molecular weight excluding hydrogens is 260 g/mol. The van der Waals surface area contributed by atoms with Crippen molar-refractivity contribution in [3.05, 3.63) is 22.5 Å². The zero-order valence-corrected chi connectivity index (χ0v) is 12.0. The maximum Gasteiger partial charge on any atom is 0.352 e. The van der Waals surface area contributed by atoms with Crippen molar-refractivity contribution in [3.8, 4) is 0 Å². The third-order valence-electron chi connectivity index (χ3n) is 3.86. The average molecular weight is 280 g/mol. The fourth-order valence-electron chi connectivity index (χ4n) is 2.90. The van der Waals surface area contributed by atoms with Crippen LogP contribution in [0.1, 0.15) is 44.9 Å². The van der Waals surface area contributed by atoms with Gasteiger partial charge in [-0.15, -0.1) is 0 Å². The number of H-pyrrole nitrogens is 1. The fraction of sp³-hybridized carbons (Fsp3) is 0.571. The van der Waals surface area contributed by atoms with Crippen LogP contribution >= 0.6 is 0 Å². The lowest BCUT2D eigenvalue weighted by molar-refractivity contribution is 0.0629. The summed E-state index contributed by atoms with van der Waals surface area (Å²) in [7, 11) is 1.62. The van der Waals surface area contributed by atoms with E-state index in [-0.39, 0.29) is 17.6 Å². The van der Waals surface area contributed by atoms with Crippen LogP contribution in [0.15, 0.2) is 0 Å². The summed E-state index contributed by atoms with van der Waals surface area (Å²) in [6.45, 7) is 4.61. The molecule has 0 aliphatic carbocycles. The topological polar surface area (TPSA) is 82.6 Å². The van der Waals surface area contributed by atoms with Crippen LogP contribution in [0, 0.1) is 13.8 Å². The van der Waals surface area contributed by atoms with Crippen LogP contribution in [0.5, 0.6) is 0 Å². The van der Waals surface area contributed by atoms with E-state index in [0.29, 0.717) is 30.0 Å². The van der Waals surface area contributed by atoms with Crippen molar-refractivity contribution in [3.63, 3.8) is 0 Å². The molecular formula is C14H20N2O4. The fourth-order valence-corrected chi connectivity index (χ4v) is 2.90. The molecule has 0 bridgehead atoms. The quantitative estimate of drug-likeness (QED) is 0.877. The summed E-state index contributed by atoms with van der Waals surface area (Å²) in [5.41, 5.74) is 1.68. The van der Waals surface area contributed by atoms with Crippen molar-refractivity contribution in [1.82, 2.24) is 9.88 Å². The third kappa shape index (κ3) is 2.43. The second-order valence-corrected chi connectivity index (χ2v) is 5.18. The number of nitrogens with zero attached hydrogens (tertiary/aromatic N) is 1. The monoisotopic (exact) mass is 280 g/mol. The number of aromatic nitrogens is 1. The second kappa shape index (κ2) is 5.66. The van der Waals surface area contributed by atoms with Gasteiger partial charge in [-0.1, -0.05) is 0 Å². The molecule has 2 heterocycles. The van der Waals surface area contributed by atoms with E-state index < -0.39 is 5.97 Å². The molecule has 20 heavy (non-hydrogen) atoms.